The van der Waals surface area contributed by atoms with Gasteiger partial charge in [0, 0.05) is 22.7 Å². The predicted molar refractivity (Wildman–Crippen MR) is 74.2 cm³/mol. The quantitative estimate of drug-likeness (QED) is 0.671. The second kappa shape index (κ2) is 4.78. The summed E-state index contributed by atoms with van der Waals surface area (Å²) >= 11 is 1.42. The Balaban J connectivity index is 2.09. The predicted octanol–water partition coefficient (Wildman–Crippen LogP) is 3.14. The number of carbonyl (C=O) groups excluding carboxylic acids is 1. The molecule has 0 saturated carbocycles. The number of methoxy groups -OCH3 is 1. The van der Waals surface area contributed by atoms with Crippen molar-refractivity contribution in [2.24, 2.45) is 0 Å². The minimum Gasteiger partial charge on any atom is -0.465 e. The number of esters is 1. The summed E-state index contributed by atoms with van der Waals surface area (Å²) in [6.07, 6.45) is 3.42. The van der Waals surface area contributed by atoms with Gasteiger partial charge in [0.25, 0.3) is 0 Å². The van der Waals surface area contributed by atoms with Gasteiger partial charge in [-0.15, -0.1) is 11.3 Å². The van der Waals surface area contributed by atoms with Crippen LogP contribution in [0.15, 0.2) is 42.7 Å². The summed E-state index contributed by atoms with van der Waals surface area (Å²) in [5, 5.41) is 0.996. The van der Waals surface area contributed by atoms with Crippen LogP contribution in [0.3, 0.4) is 0 Å². The molecule has 0 bridgehead atoms. The van der Waals surface area contributed by atoms with E-state index < -0.39 is 0 Å². The van der Waals surface area contributed by atoms with Gasteiger partial charge in [-0.2, -0.15) is 0 Å². The van der Waals surface area contributed by atoms with Crippen LogP contribution in [0.1, 0.15) is 9.67 Å². The fraction of sp³-hybridized carbons (Fsp3) is 0.0714. The Morgan fingerprint density at radius 1 is 1.21 bits per heavy atom. The van der Waals surface area contributed by atoms with Gasteiger partial charge >= 0.3 is 5.97 Å². The number of hydrogen-bond donors (Lipinski definition) is 0. The van der Waals surface area contributed by atoms with Gasteiger partial charge in [-0.1, -0.05) is 0 Å². The van der Waals surface area contributed by atoms with Crippen molar-refractivity contribution >= 4 is 27.4 Å². The van der Waals surface area contributed by atoms with E-state index in [2.05, 4.69) is 9.97 Å². The summed E-state index contributed by atoms with van der Waals surface area (Å²) in [5.41, 5.74) is 0.933. The summed E-state index contributed by atoms with van der Waals surface area (Å²) in [5.74, 6) is 0.369. The molecule has 0 aliphatic carbocycles. The average molecular weight is 270 g/mol. The van der Waals surface area contributed by atoms with Crippen molar-refractivity contribution in [1.29, 1.82) is 0 Å². The first-order chi connectivity index (χ1) is 9.28. The van der Waals surface area contributed by atoms with E-state index in [0.29, 0.717) is 10.7 Å². The largest absolute Gasteiger partial charge is 0.465 e. The third kappa shape index (κ3) is 2.20. The van der Waals surface area contributed by atoms with Crippen LogP contribution < -0.4 is 0 Å². The van der Waals surface area contributed by atoms with E-state index in [0.717, 1.165) is 15.6 Å². The topological polar surface area (TPSA) is 52.1 Å². The highest BCUT2D eigenvalue weighted by molar-refractivity contribution is 7.20. The number of ether oxygens (including phenoxy) is 1. The number of benzene rings is 1. The minimum atomic E-state index is -0.307. The van der Waals surface area contributed by atoms with E-state index in [9.17, 15) is 4.79 Å². The SMILES string of the molecule is COC(=O)c1cc2cc(-c3ncccn3)ccc2s1. The molecule has 0 unspecified atom stereocenters. The van der Waals surface area contributed by atoms with E-state index in [4.69, 9.17) is 4.74 Å². The van der Waals surface area contributed by atoms with Crippen LogP contribution in [0.4, 0.5) is 0 Å². The van der Waals surface area contributed by atoms with Gasteiger partial charge < -0.3 is 4.74 Å². The van der Waals surface area contributed by atoms with Crippen molar-refractivity contribution in [3.05, 3.63) is 47.6 Å². The lowest BCUT2D eigenvalue weighted by Crippen LogP contribution is -1.96. The fourth-order valence-corrected chi connectivity index (χ4v) is 2.79. The summed E-state index contributed by atoms with van der Waals surface area (Å²) in [6.45, 7) is 0. The van der Waals surface area contributed by atoms with Gasteiger partial charge in [-0.3, -0.25) is 0 Å². The van der Waals surface area contributed by atoms with Gasteiger partial charge in [0.1, 0.15) is 4.88 Å². The molecule has 3 aromatic rings. The third-order valence-electron chi connectivity index (χ3n) is 2.73. The Bertz CT molecular complexity index is 738. The Hall–Kier alpha value is -2.27. The number of aromatic nitrogens is 2. The fourth-order valence-electron chi connectivity index (χ4n) is 1.83. The molecule has 0 aliphatic heterocycles. The highest BCUT2D eigenvalue weighted by atomic mass is 32.1. The molecule has 0 fully saturated rings. The van der Waals surface area contributed by atoms with Crippen LogP contribution in [0.5, 0.6) is 0 Å². The molecule has 1 aromatic carbocycles. The lowest BCUT2D eigenvalue weighted by Gasteiger charge is -1.98. The maximum Gasteiger partial charge on any atom is 0.348 e. The molecule has 0 aliphatic rings. The molecule has 0 atom stereocenters. The van der Waals surface area contributed by atoms with E-state index >= 15 is 0 Å². The molecular weight excluding hydrogens is 260 g/mol. The molecule has 3 rings (SSSR count). The van der Waals surface area contributed by atoms with Gasteiger partial charge in [-0.05, 0) is 35.7 Å². The second-order valence-electron chi connectivity index (χ2n) is 3.93. The molecule has 2 heterocycles. The number of hydrogen-bond acceptors (Lipinski definition) is 5. The van der Waals surface area contributed by atoms with Crippen LogP contribution >= 0.6 is 11.3 Å². The maximum absolute atomic E-state index is 11.5. The lowest BCUT2D eigenvalue weighted by atomic mass is 10.1. The Morgan fingerprint density at radius 3 is 2.74 bits per heavy atom. The number of rotatable bonds is 2. The third-order valence-corrected chi connectivity index (χ3v) is 3.82. The van der Waals surface area contributed by atoms with Crippen molar-refractivity contribution in [1.82, 2.24) is 9.97 Å². The Labute approximate surface area is 113 Å². The van der Waals surface area contributed by atoms with Crippen molar-refractivity contribution in [2.45, 2.75) is 0 Å². The van der Waals surface area contributed by atoms with Crippen molar-refractivity contribution in [3.8, 4) is 11.4 Å². The molecule has 5 heteroatoms. The second-order valence-corrected chi connectivity index (χ2v) is 5.01. The molecule has 2 aromatic heterocycles. The van der Waals surface area contributed by atoms with Gasteiger partial charge in [0.2, 0.25) is 0 Å². The average Bonchev–Trinajstić information content (AvgIpc) is 2.90. The zero-order chi connectivity index (χ0) is 13.2. The van der Waals surface area contributed by atoms with Crippen molar-refractivity contribution in [3.63, 3.8) is 0 Å². The van der Waals surface area contributed by atoms with Crippen molar-refractivity contribution in [2.75, 3.05) is 7.11 Å². The van der Waals surface area contributed by atoms with Gasteiger partial charge in [-0.25, -0.2) is 14.8 Å². The summed E-state index contributed by atoms with van der Waals surface area (Å²) in [6, 6.07) is 9.52. The number of fused-ring (bicyclic) bond motifs is 1. The van der Waals surface area contributed by atoms with Crippen LogP contribution in [0.25, 0.3) is 21.5 Å². The van der Waals surface area contributed by atoms with E-state index in [1.54, 1.807) is 18.5 Å². The number of thiophene rings is 1. The molecule has 0 saturated heterocycles. The summed E-state index contributed by atoms with van der Waals surface area (Å²) < 4.78 is 5.77. The van der Waals surface area contributed by atoms with Gasteiger partial charge in [0.15, 0.2) is 5.82 Å². The van der Waals surface area contributed by atoms with Crippen LogP contribution in [-0.4, -0.2) is 23.0 Å². The molecule has 19 heavy (non-hydrogen) atoms. The molecule has 94 valence electrons. The van der Waals surface area contributed by atoms with Crippen LogP contribution in [-0.2, 0) is 4.74 Å². The monoisotopic (exact) mass is 270 g/mol. The normalized spacial score (nSPS) is 10.6. The first-order valence-corrected chi connectivity index (χ1v) is 6.49. The highest BCUT2D eigenvalue weighted by Gasteiger charge is 2.11. The molecule has 0 radical (unpaired) electrons. The molecule has 4 nitrogen and oxygen atoms in total. The Kier molecular flexibility index (Phi) is 2.97. The number of nitrogens with zero attached hydrogens (tertiary/aromatic N) is 2. The zero-order valence-corrected chi connectivity index (χ0v) is 11.0. The maximum atomic E-state index is 11.5. The summed E-state index contributed by atoms with van der Waals surface area (Å²) in [7, 11) is 1.38. The van der Waals surface area contributed by atoms with E-state index in [1.807, 2.05) is 24.3 Å². The first-order valence-electron chi connectivity index (χ1n) is 5.67. The van der Waals surface area contributed by atoms with Crippen molar-refractivity contribution < 1.29 is 9.53 Å². The number of carbonyl (C=O) groups is 1. The van der Waals surface area contributed by atoms with E-state index in [-0.39, 0.29) is 5.97 Å². The van der Waals surface area contributed by atoms with E-state index in [1.165, 1.54) is 18.4 Å². The molecule has 0 spiro atoms. The zero-order valence-electron chi connectivity index (χ0n) is 10.2. The lowest BCUT2D eigenvalue weighted by molar-refractivity contribution is 0.0606. The van der Waals surface area contributed by atoms with Crippen LogP contribution in [0, 0.1) is 0 Å². The molecule has 0 N–H and O–H groups in total. The van der Waals surface area contributed by atoms with Gasteiger partial charge in [0.05, 0.1) is 7.11 Å². The minimum absolute atomic E-state index is 0.307. The smallest absolute Gasteiger partial charge is 0.348 e. The molecule has 0 amide bonds. The highest BCUT2D eigenvalue weighted by Crippen LogP contribution is 2.29. The summed E-state index contributed by atoms with van der Waals surface area (Å²) in [4.78, 5) is 20.5. The Morgan fingerprint density at radius 2 is 2.00 bits per heavy atom. The molecular formula is C14H10N2O2S. The van der Waals surface area contributed by atoms with Crippen LogP contribution in [0.2, 0.25) is 0 Å². The first kappa shape index (κ1) is 11.8. The standard InChI is InChI=1S/C14H10N2O2S/c1-18-14(17)12-8-10-7-9(3-4-11(10)19-12)13-15-5-2-6-16-13/h2-8H,1H3.